The number of carboxylic acids is 1. The van der Waals surface area contributed by atoms with Gasteiger partial charge in [0.25, 0.3) is 0 Å². The number of unbranched alkanes of at least 4 members (excludes halogenated alkanes) is 1. The summed E-state index contributed by atoms with van der Waals surface area (Å²) >= 11 is 0. The first-order chi connectivity index (χ1) is 8.65. The van der Waals surface area contributed by atoms with Crippen LogP contribution in [0.5, 0.6) is 0 Å². The molecule has 0 saturated carbocycles. The third kappa shape index (κ3) is 3.27. The SMILES string of the molecule is CCCCC(C(=O)O)n1nnnc1C(CC)CC. The van der Waals surface area contributed by atoms with Crippen LogP contribution in [0.4, 0.5) is 0 Å². The van der Waals surface area contributed by atoms with Gasteiger partial charge in [-0.3, -0.25) is 0 Å². The maximum atomic E-state index is 11.3. The van der Waals surface area contributed by atoms with Crippen LogP contribution in [0.2, 0.25) is 0 Å². The summed E-state index contributed by atoms with van der Waals surface area (Å²) in [5.41, 5.74) is 0. The number of aliphatic carboxylic acids is 1. The van der Waals surface area contributed by atoms with Crippen LogP contribution in [0.1, 0.15) is 70.7 Å². The predicted molar refractivity (Wildman–Crippen MR) is 67.3 cm³/mol. The van der Waals surface area contributed by atoms with Crippen LogP contribution in [-0.2, 0) is 4.79 Å². The first-order valence-corrected chi connectivity index (χ1v) is 6.66. The number of carbonyl (C=O) groups is 1. The summed E-state index contributed by atoms with van der Waals surface area (Å²) in [6.45, 7) is 6.17. The van der Waals surface area contributed by atoms with Crippen LogP contribution < -0.4 is 0 Å². The zero-order chi connectivity index (χ0) is 13.5. The van der Waals surface area contributed by atoms with Crippen LogP contribution in [0, 0.1) is 0 Å². The van der Waals surface area contributed by atoms with Gasteiger partial charge in [-0.1, -0.05) is 33.6 Å². The third-order valence-electron chi connectivity index (χ3n) is 3.28. The van der Waals surface area contributed by atoms with E-state index in [2.05, 4.69) is 29.4 Å². The van der Waals surface area contributed by atoms with Crippen molar-refractivity contribution in [1.82, 2.24) is 20.2 Å². The van der Waals surface area contributed by atoms with Gasteiger partial charge < -0.3 is 5.11 Å². The molecular formula is C12H22N4O2. The molecule has 0 bridgehead atoms. The Morgan fingerprint density at radius 2 is 2.00 bits per heavy atom. The van der Waals surface area contributed by atoms with Gasteiger partial charge in [-0.05, 0) is 29.7 Å². The highest BCUT2D eigenvalue weighted by Crippen LogP contribution is 2.24. The van der Waals surface area contributed by atoms with Crippen LogP contribution in [0.25, 0.3) is 0 Å². The molecule has 1 atom stereocenters. The predicted octanol–water partition coefficient (Wildman–Crippen LogP) is 2.39. The second-order valence-electron chi connectivity index (χ2n) is 4.49. The lowest BCUT2D eigenvalue weighted by molar-refractivity contribution is -0.141. The van der Waals surface area contributed by atoms with Gasteiger partial charge in [-0.2, -0.15) is 0 Å². The summed E-state index contributed by atoms with van der Waals surface area (Å²) in [4.78, 5) is 11.3. The van der Waals surface area contributed by atoms with Crippen molar-refractivity contribution in [2.75, 3.05) is 0 Å². The summed E-state index contributed by atoms with van der Waals surface area (Å²) in [5.74, 6) is 0.0648. The Balaban J connectivity index is 2.98. The summed E-state index contributed by atoms with van der Waals surface area (Å²) in [6, 6.07) is -0.643. The lowest BCUT2D eigenvalue weighted by Crippen LogP contribution is -2.23. The molecule has 1 unspecified atom stereocenters. The molecule has 0 amide bonds. The number of aromatic nitrogens is 4. The third-order valence-corrected chi connectivity index (χ3v) is 3.28. The van der Waals surface area contributed by atoms with E-state index in [-0.39, 0.29) is 5.92 Å². The normalized spacial score (nSPS) is 12.9. The smallest absolute Gasteiger partial charge is 0.328 e. The summed E-state index contributed by atoms with van der Waals surface area (Å²) in [7, 11) is 0. The molecule has 0 aliphatic heterocycles. The molecule has 0 saturated heterocycles. The van der Waals surface area contributed by atoms with Crippen LogP contribution in [-0.4, -0.2) is 31.3 Å². The van der Waals surface area contributed by atoms with E-state index < -0.39 is 12.0 Å². The van der Waals surface area contributed by atoms with E-state index in [1.54, 1.807) is 0 Å². The van der Waals surface area contributed by atoms with E-state index in [1.165, 1.54) is 4.68 Å². The lowest BCUT2D eigenvalue weighted by atomic mass is 10.0. The van der Waals surface area contributed by atoms with E-state index in [9.17, 15) is 9.90 Å². The molecule has 0 aliphatic rings. The fourth-order valence-electron chi connectivity index (χ4n) is 2.09. The van der Waals surface area contributed by atoms with Crippen molar-refractivity contribution in [3.8, 4) is 0 Å². The second kappa shape index (κ2) is 7.08. The van der Waals surface area contributed by atoms with E-state index in [0.717, 1.165) is 25.7 Å². The van der Waals surface area contributed by atoms with E-state index in [0.29, 0.717) is 12.2 Å². The molecule has 1 aromatic rings. The molecule has 1 heterocycles. The van der Waals surface area contributed by atoms with Gasteiger partial charge in [0.2, 0.25) is 0 Å². The Labute approximate surface area is 107 Å². The van der Waals surface area contributed by atoms with Crippen molar-refractivity contribution in [2.45, 2.75) is 64.8 Å². The minimum Gasteiger partial charge on any atom is -0.480 e. The first kappa shape index (κ1) is 14.6. The molecule has 1 N–H and O–H groups in total. The van der Waals surface area contributed by atoms with Crippen LogP contribution in [0.3, 0.4) is 0 Å². The molecular weight excluding hydrogens is 232 g/mol. The highest BCUT2D eigenvalue weighted by Gasteiger charge is 2.26. The quantitative estimate of drug-likeness (QED) is 0.770. The van der Waals surface area contributed by atoms with Gasteiger partial charge in [0.05, 0.1) is 0 Å². The van der Waals surface area contributed by atoms with Gasteiger partial charge in [0, 0.05) is 5.92 Å². The maximum absolute atomic E-state index is 11.3. The van der Waals surface area contributed by atoms with Crippen molar-refractivity contribution in [1.29, 1.82) is 0 Å². The van der Waals surface area contributed by atoms with Crippen LogP contribution >= 0.6 is 0 Å². The standard InChI is InChI=1S/C12H22N4O2/c1-4-7-8-10(12(17)18)16-11(13-14-15-16)9(5-2)6-3/h9-10H,4-8H2,1-3H3,(H,17,18). The van der Waals surface area contributed by atoms with Crippen molar-refractivity contribution < 1.29 is 9.90 Å². The van der Waals surface area contributed by atoms with Gasteiger partial charge in [-0.25, -0.2) is 9.48 Å². The Kier molecular flexibility index (Phi) is 5.74. The van der Waals surface area contributed by atoms with Crippen LogP contribution in [0.15, 0.2) is 0 Å². The van der Waals surface area contributed by atoms with E-state index in [4.69, 9.17) is 0 Å². The molecule has 0 radical (unpaired) electrons. The molecule has 18 heavy (non-hydrogen) atoms. The largest absolute Gasteiger partial charge is 0.480 e. The van der Waals surface area contributed by atoms with E-state index in [1.807, 2.05) is 6.92 Å². The molecule has 1 rings (SSSR count). The molecule has 0 spiro atoms. The van der Waals surface area contributed by atoms with Crippen molar-refractivity contribution in [2.24, 2.45) is 0 Å². The molecule has 6 heteroatoms. The van der Waals surface area contributed by atoms with E-state index >= 15 is 0 Å². The number of rotatable bonds is 8. The monoisotopic (exact) mass is 254 g/mol. The lowest BCUT2D eigenvalue weighted by Gasteiger charge is -2.17. The topological polar surface area (TPSA) is 80.9 Å². The minimum atomic E-state index is -0.858. The zero-order valence-corrected chi connectivity index (χ0v) is 11.3. The summed E-state index contributed by atoms with van der Waals surface area (Å²) < 4.78 is 1.50. The highest BCUT2D eigenvalue weighted by atomic mass is 16.4. The summed E-state index contributed by atoms with van der Waals surface area (Å²) in [5, 5.41) is 20.8. The highest BCUT2D eigenvalue weighted by molar-refractivity contribution is 5.71. The van der Waals surface area contributed by atoms with Gasteiger partial charge in [0.15, 0.2) is 11.9 Å². The molecule has 0 aromatic carbocycles. The zero-order valence-electron chi connectivity index (χ0n) is 11.3. The average Bonchev–Trinajstić information content (AvgIpc) is 2.80. The molecule has 0 fully saturated rings. The van der Waals surface area contributed by atoms with Crippen molar-refractivity contribution >= 4 is 5.97 Å². The Bertz CT molecular complexity index is 374. The first-order valence-electron chi connectivity index (χ1n) is 6.66. The molecule has 0 aliphatic carbocycles. The summed E-state index contributed by atoms with van der Waals surface area (Å²) in [6.07, 6.45) is 4.23. The second-order valence-corrected chi connectivity index (χ2v) is 4.49. The average molecular weight is 254 g/mol. The number of hydrogen-bond donors (Lipinski definition) is 1. The number of carboxylic acid groups (broad SMARTS) is 1. The van der Waals surface area contributed by atoms with Crippen molar-refractivity contribution in [3.63, 3.8) is 0 Å². The fourth-order valence-corrected chi connectivity index (χ4v) is 2.09. The number of hydrogen-bond acceptors (Lipinski definition) is 4. The molecule has 1 aromatic heterocycles. The van der Waals surface area contributed by atoms with Gasteiger partial charge in [-0.15, -0.1) is 5.10 Å². The number of nitrogens with zero attached hydrogens (tertiary/aromatic N) is 4. The minimum absolute atomic E-state index is 0.225. The van der Waals surface area contributed by atoms with Gasteiger partial charge in [0.1, 0.15) is 0 Å². The number of tetrazole rings is 1. The molecule has 102 valence electrons. The van der Waals surface area contributed by atoms with Gasteiger partial charge >= 0.3 is 5.97 Å². The van der Waals surface area contributed by atoms with Crippen molar-refractivity contribution in [3.05, 3.63) is 5.82 Å². The molecule has 6 nitrogen and oxygen atoms in total. The Morgan fingerprint density at radius 1 is 1.33 bits per heavy atom. The Morgan fingerprint density at radius 3 is 2.50 bits per heavy atom. The maximum Gasteiger partial charge on any atom is 0.328 e. The fraction of sp³-hybridized carbons (Fsp3) is 0.833. The Hall–Kier alpha value is -1.46.